The quantitative estimate of drug-likeness (QED) is 0.930. The van der Waals surface area contributed by atoms with Gasteiger partial charge in [-0.15, -0.1) is 0 Å². The summed E-state index contributed by atoms with van der Waals surface area (Å²) in [5.41, 5.74) is 0. The molecule has 1 fully saturated rings. The van der Waals surface area contributed by atoms with Crippen molar-refractivity contribution in [3.8, 4) is 5.75 Å². The first-order valence-electron chi connectivity index (χ1n) is 6.75. The Morgan fingerprint density at radius 2 is 2.15 bits per heavy atom. The molecule has 1 aliphatic heterocycles. The second-order valence-corrected chi connectivity index (χ2v) is 4.79. The molecule has 1 saturated heterocycles. The number of hydrogen-bond donors (Lipinski definition) is 1. The summed E-state index contributed by atoms with van der Waals surface area (Å²) in [6, 6.07) is 6.00. The van der Waals surface area contributed by atoms with Crippen molar-refractivity contribution in [3.63, 3.8) is 0 Å². The molecule has 1 N–H and O–H groups in total. The molecule has 1 aromatic heterocycles. The fourth-order valence-corrected chi connectivity index (χ4v) is 2.22. The summed E-state index contributed by atoms with van der Waals surface area (Å²) < 4.78 is 23.4. The van der Waals surface area contributed by atoms with Gasteiger partial charge in [-0.05, 0) is 43.7 Å². The number of piperidine rings is 1. The van der Waals surface area contributed by atoms with Crippen LogP contribution in [0.25, 0.3) is 0 Å². The molecule has 2 aromatic rings. The Bertz CT molecular complexity index is 550. The Morgan fingerprint density at radius 1 is 1.30 bits per heavy atom. The van der Waals surface area contributed by atoms with Crippen molar-refractivity contribution in [2.24, 2.45) is 0 Å². The zero-order valence-electron chi connectivity index (χ0n) is 11.0. The molecule has 1 aliphatic rings. The second-order valence-electron chi connectivity index (χ2n) is 4.79. The summed E-state index contributed by atoms with van der Waals surface area (Å²) in [6.07, 6.45) is 3.39. The molecule has 0 aliphatic carbocycles. The van der Waals surface area contributed by atoms with Crippen LogP contribution in [-0.2, 0) is 6.61 Å². The monoisotopic (exact) mass is 277 g/mol. The van der Waals surface area contributed by atoms with Crippen LogP contribution in [0.1, 0.15) is 37.0 Å². The van der Waals surface area contributed by atoms with E-state index in [-0.39, 0.29) is 18.5 Å². The van der Waals surface area contributed by atoms with Gasteiger partial charge in [0.1, 0.15) is 11.6 Å². The van der Waals surface area contributed by atoms with E-state index in [0.29, 0.717) is 17.5 Å². The van der Waals surface area contributed by atoms with Gasteiger partial charge in [-0.3, -0.25) is 0 Å². The van der Waals surface area contributed by atoms with Crippen molar-refractivity contribution in [2.75, 3.05) is 6.54 Å². The first-order chi connectivity index (χ1) is 9.81. The van der Waals surface area contributed by atoms with Crippen LogP contribution in [-0.4, -0.2) is 16.7 Å². The molecule has 1 atom stereocenters. The van der Waals surface area contributed by atoms with Crippen LogP contribution in [0.4, 0.5) is 4.39 Å². The van der Waals surface area contributed by atoms with Crippen LogP contribution in [0.15, 0.2) is 28.8 Å². The number of aromatic nitrogens is 2. The third-order valence-electron chi connectivity index (χ3n) is 3.28. The SMILES string of the molecule is Fc1ccc(OCc2nc(C3CCCCN3)no2)cc1. The number of nitrogens with one attached hydrogen (secondary N) is 1. The maximum atomic E-state index is 12.8. The summed E-state index contributed by atoms with van der Waals surface area (Å²) in [4.78, 5) is 4.33. The highest BCUT2D eigenvalue weighted by atomic mass is 19.1. The minimum Gasteiger partial charge on any atom is -0.484 e. The van der Waals surface area contributed by atoms with E-state index in [4.69, 9.17) is 9.26 Å². The first kappa shape index (κ1) is 13.1. The van der Waals surface area contributed by atoms with E-state index < -0.39 is 0 Å². The van der Waals surface area contributed by atoms with Gasteiger partial charge in [0, 0.05) is 0 Å². The number of nitrogens with zero attached hydrogens (tertiary/aromatic N) is 2. The van der Waals surface area contributed by atoms with Gasteiger partial charge in [-0.2, -0.15) is 4.98 Å². The van der Waals surface area contributed by atoms with Gasteiger partial charge in [0.2, 0.25) is 0 Å². The van der Waals surface area contributed by atoms with Crippen LogP contribution in [0, 0.1) is 5.82 Å². The highest BCUT2D eigenvalue weighted by Gasteiger charge is 2.20. The van der Waals surface area contributed by atoms with Gasteiger partial charge >= 0.3 is 0 Å². The lowest BCUT2D eigenvalue weighted by atomic mass is 10.0. The Balaban J connectivity index is 1.58. The topological polar surface area (TPSA) is 60.2 Å². The maximum Gasteiger partial charge on any atom is 0.264 e. The Labute approximate surface area is 116 Å². The van der Waals surface area contributed by atoms with Crippen molar-refractivity contribution in [1.29, 1.82) is 0 Å². The van der Waals surface area contributed by atoms with E-state index in [1.165, 1.54) is 25.0 Å². The molecule has 3 rings (SSSR count). The smallest absolute Gasteiger partial charge is 0.264 e. The van der Waals surface area contributed by atoms with Gasteiger partial charge < -0.3 is 14.6 Å². The molecule has 1 aromatic carbocycles. The van der Waals surface area contributed by atoms with E-state index in [2.05, 4.69) is 15.5 Å². The average Bonchev–Trinajstić information content (AvgIpc) is 2.97. The predicted octanol–water partition coefficient (Wildman–Crippen LogP) is 2.60. The molecule has 0 saturated carbocycles. The molecule has 106 valence electrons. The molecular formula is C14H16FN3O2. The molecular weight excluding hydrogens is 261 g/mol. The highest BCUT2D eigenvalue weighted by molar-refractivity contribution is 5.22. The Kier molecular flexibility index (Phi) is 3.92. The van der Waals surface area contributed by atoms with Crippen LogP contribution >= 0.6 is 0 Å². The van der Waals surface area contributed by atoms with Crippen LogP contribution in [0.2, 0.25) is 0 Å². The Morgan fingerprint density at radius 3 is 2.90 bits per heavy atom. The van der Waals surface area contributed by atoms with Crippen molar-refractivity contribution in [1.82, 2.24) is 15.5 Å². The summed E-state index contributed by atoms with van der Waals surface area (Å²) in [5.74, 6) is 1.39. The van der Waals surface area contributed by atoms with Gasteiger partial charge in [0.15, 0.2) is 12.4 Å². The van der Waals surface area contributed by atoms with Crippen LogP contribution in [0.5, 0.6) is 5.75 Å². The molecule has 5 nitrogen and oxygen atoms in total. The van der Waals surface area contributed by atoms with Crippen molar-refractivity contribution >= 4 is 0 Å². The Hall–Kier alpha value is -1.95. The summed E-state index contributed by atoms with van der Waals surface area (Å²) in [5, 5.41) is 7.34. The lowest BCUT2D eigenvalue weighted by molar-refractivity contribution is 0.241. The molecule has 0 radical (unpaired) electrons. The number of rotatable bonds is 4. The molecule has 0 amide bonds. The second kappa shape index (κ2) is 6.00. The van der Waals surface area contributed by atoms with E-state index in [0.717, 1.165) is 13.0 Å². The third-order valence-corrected chi connectivity index (χ3v) is 3.28. The first-order valence-corrected chi connectivity index (χ1v) is 6.75. The molecule has 20 heavy (non-hydrogen) atoms. The minimum atomic E-state index is -0.291. The van der Waals surface area contributed by atoms with Crippen LogP contribution < -0.4 is 10.1 Å². The molecule has 6 heteroatoms. The molecule has 2 heterocycles. The van der Waals surface area contributed by atoms with Crippen LogP contribution in [0.3, 0.4) is 0 Å². The largest absolute Gasteiger partial charge is 0.484 e. The average molecular weight is 277 g/mol. The maximum absolute atomic E-state index is 12.8. The zero-order valence-corrected chi connectivity index (χ0v) is 11.0. The standard InChI is InChI=1S/C14H16FN3O2/c15-10-4-6-11(7-5-10)19-9-13-17-14(18-20-13)12-3-1-2-8-16-12/h4-7,12,16H,1-3,8-9H2. The van der Waals surface area contributed by atoms with Crippen molar-refractivity contribution in [3.05, 3.63) is 41.8 Å². The number of hydrogen-bond acceptors (Lipinski definition) is 5. The minimum absolute atomic E-state index is 0.173. The fraction of sp³-hybridized carbons (Fsp3) is 0.429. The van der Waals surface area contributed by atoms with Gasteiger partial charge in [0.25, 0.3) is 5.89 Å². The van der Waals surface area contributed by atoms with Crippen molar-refractivity contribution in [2.45, 2.75) is 31.9 Å². The van der Waals surface area contributed by atoms with Gasteiger partial charge in [-0.1, -0.05) is 11.6 Å². The van der Waals surface area contributed by atoms with E-state index in [1.807, 2.05) is 0 Å². The number of benzene rings is 1. The van der Waals surface area contributed by atoms with Gasteiger partial charge in [-0.25, -0.2) is 4.39 Å². The third kappa shape index (κ3) is 3.14. The molecule has 1 unspecified atom stereocenters. The molecule has 0 bridgehead atoms. The normalized spacial score (nSPS) is 18.9. The summed E-state index contributed by atoms with van der Waals surface area (Å²) in [7, 11) is 0. The lowest BCUT2D eigenvalue weighted by Gasteiger charge is -2.19. The van der Waals surface area contributed by atoms with E-state index in [9.17, 15) is 4.39 Å². The zero-order chi connectivity index (χ0) is 13.8. The summed E-state index contributed by atoms with van der Waals surface area (Å²) >= 11 is 0. The van der Waals surface area contributed by atoms with E-state index >= 15 is 0 Å². The van der Waals surface area contributed by atoms with E-state index in [1.54, 1.807) is 12.1 Å². The highest BCUT2D eigenvalue weighted by Crippen LogP contribution is 2.20. The molecule has 0 spiro atoms. The number of ether oxygens (including phenoxy) is 1. The van der Waals surface area contributed by atoms with Crippen molar-refractivity contribution < 1.29 is 13.7 Å². The van der Waals surface area contributed by atoms with Gasteiger partial charge in [0.05, 0.1) is 6.04 Å². The summed E-state index contributed by atoms with van der Waals surface area (Å²) in [6.45, 7) is 1.17. The lowest BCUT2D eigenvalue weighted by Crippen LogP contribution is -2.27. The number of halogens is 1. The predicted molar refractivity (Wildman–Crippen MR) is 69.6 cm³/mol. The fourth-order valence-electron chi connectivity index (χ4n) is 2.22.